The molecule has 0 radical (unpaired) electrons. The van der Waals surface area contributed by atoms with Crippen molar-refractivity contribution in [3.8, 4) is 0 Å². The van der Waals surface area contributed by atoms with Crippen molar-refractivity contribution < 1.29 is 13.2 Å². The third-order valence-electron chi connectivity index (χ3n) is 4.33. The van der Waals surface area contributed by atoms with Gasteiger partial charge >= 0.3 is 6.18 Å². The highest BCUT2D eigenvalue weighted by molar-refractivity contribution is 6.42. The van der Waals surface area contributed by atoms with E-state index in [9.17, 15) is 13.2 Å². The van der Waals surface area contributed by atoms with Crippen LogP contribution in [0.4, 0.5) is 13.2 Å². The Morgan fingerprint density at radius 1 is 0.880 bits per heavy atom. The topological polar surface area (TPSA) is 15.3 Å². The lowest BCUT2D eigenvalue weighted by atomic mass is 9.95. The first-order chi connectivity index (χ1) is 11.9. The van der Waals surface area contributed by atoms with Crippen LogP contribution in [0.3, 0.4) is 0 Å². The van der Waals surface area contributed by atoms with Crippen LogP contribution in [0, 0.1) is 0 Å². The van der Waals surface area contributed by atoms with Gasteiger partial charge < -0.3 is 5.32 Å². The van der Waals surface area contributed by atoms with E-state index in [4.69, 9.17) is 23.2 Å². The summed E-state index contributed by atoms with van der Waals surface area (Å²) in [7, 11) is 0. The number of benzene rings is 2. The molecule has 1 aliphatic heterocycles. The zero-order chi connectivity index (χ0) is 18.0. The second kappa shape index (κ2) is 7.54. The van der Waals surface area contributed by atoms with Crippen LogP contribution in [0.1, 0.15) is 22.7 Å². The number of hydrogen-bond acceptors (Lipinski definition) is 2. The number of rotatable bonds is 3. The van der Waals surface area contributed by atoms with Gasteiger partial charge in [-0.2, -0.15) is 13.2 Å². The maximum Gasteiger partial charge on any atom is 0.416 e. The van der Waals surface area contributed by atoms with E-state index in [1.165, 1.54) is 12.1 Å². The lowest BCUT2D eigenvalue weighted by Gasteiger charge is -2.35. The van der Waals surface area contributed by atoms with E-state index < -0.39 is 11.7 Å². The Morgan fingerprint density at radius 3 is 2.04 bits per heavy atom. The fourth-order valence-electron chi connectivity index (χ4n) is 3.09. The highest BCUT2D eigenvalue weighted by Gasteiger charge is 2.31. The van der Waals surface area contributed by atoms with Gasteiger partial charge in [-0.25, -0.2) is 0 Å². The van der Waals surface area contributed by atoms with Crippen molar-refractivity contribution in [3.05, 3.63) is 69.2 Å². The van der Waals surface area contributed by atoms with Crippen LogP contribution in [0.15, 0.2) is 42.5 Å². The highest BCUT2D eigenvalue weighted by Crippen LogP contribution is 2.35. The molecule has 0 saturated carbocycles. The van der Waals surface area contributed by atoms with Crippen LogP contribution < -0.4 is 5.32 Å². The van der Waals surface area contributed by atoms with Crippen molar-refractivity contribution in [1.29, 1.82) is 0 Å². The lowest BCUT2D eigenvalue weighted by molar-refractivity contribution is -0.137. The Hall–Kier alpha value is -1.27. The van der Waals surface area contributed by atoms with E-state index >= 15 is 0 Å². The molecule has 2 nitrogen and oxygen atoms in total. The zero-order valence-electron chi connectivity index (χ0n) is 13.3. The molecule has 0 spiro atoms. The molecular weight excluding hydrogens is 372 g/mol. The van der Waals surface area contributed by atoms with Gasteiger partial charge in [0.15, 0.2) is 0 Å². The third-order valence-corrected chi connectivity index (χ3v) is 5.07. The Bertz CT molecular complexity index is 726. The van der Waals surface area contributed by atoms with Crippen LogP contribution in [0.2, 0.25) is 10.0 Å². The molecule has 2 aromatic carbocycles. The summed E-state index contributed by atoms with van der Waals surface area (Å²) in [6, 6.07) is 10.5. The molecule has 1 heterocycles. The summed E-state index contributed by atoms with van der Waals surface area (Å²) in [5.74, 6) is 0. The predicted molar refractivity (Wildman–Crippen MR) is 94.2 cm³/mol. The van der Waals surface area contributed by atoms with Gasteiger partial charge in [0, 0.05) is 26.2 Å². The number of nitrogens with zero attached hydrogens (tertiary/aromatic N) is 1. The number of nitrogens with one attached hydrogen (secondary N) is 1. The molecular formula is C18H17Cl2F3N2. The summed E-state index contributed by atoms with van der Waals surface area (Å²) in [5.41, 5.74) is 1.06. The monoisotopic (exact) mass is 388 g/mol. The van der Waals surface area contributed by atoms with Crippen LogP contribution in [0.5, 0.6) is 0 Å². The molecule has 25 heavy (non-hydrogen) atoms. The van der Waals surface area contributed by atoms with Crippen molar-refractivity contribution in [2.45, 2.75) is 12.2 Å². The standard InChI is InChI=1S/C18H17Cl2F3N2/c19-15-6-3-13(11-16(15)20)17(25-9-7-24-8-10-25)12-1-4-14(5-2-12)18(21,22)23/h1-6,11,17,24H,7-10H2. The SMILES string of the molecule is FC(F)(F)c1ccc(C(c2ccc(Cl)c(Cl)c2)N2CCNCC2)cc1. The first-order valence-corrected chi connectivity index (χ1v) is 8.69. The highest BCUT2D eigenvalue weighted by atomic mass is 35.5. The largest absolute Gasteiger partial charge is 0.416 e. The number of halogens is 5. The summed E-state index contributed by atoms with van der Waals surface area (Å²) in [5, 5.41) is 4.18. The number of alkyl halides is 3. The minimum absolute atomic E-state index is 0.167. The summed E-state index contributed by atoms with van der Waals surface area (Å²) < 4.78 is 38.5. The molecule has 3 rings (SSSR count). The fourth-order valence-corrected chi connectivity index (χ4v) is 3.40. The van der Waals surface area contributed by atoms with E-state index in [2.05, 4.69) is 10.2 Å². The van der Waals surface area contributed by atoms with Crippen molar-refractivity contribution >= 4 is 23.2 Å². The second-order valence-corrected chi connectivity index (χ2v) is 6.80. The van der Waals surface area contributed by atoms with E-state index in [0.717, 1.165) is 49.4 Å². The van der Waals surface area contributed by atoms with Gasteiger partial charge in [0.2, 0.25) is 0 Å². The normalized spacial score (nSPS) is 17.5. The van der Waals surface area contributed by atoms with E-state index in [1.54, 1.807) is 12.1 Å². The van der Waals surface area contributed by atoms with Gasteiger partial charge in [0.05, 0.1) is 21.7 Å². The molecule has 1 saturated heterocycles. The first-order valence-electron chi connectivity index (χ1n) is 7.93. The molecule has 0 amide bonds. The average molecular weight is 389 g/mol. The quantitative estimate of drug-likeness (QED) is 0.794. The molecule has 1 fully saturated rings. The van der Waals surface area contributed by atoms with Crippen molar-refractivity contribution in [3.63, 3.8) is 0 Å². The van der Waals surface area contributed by atoms with Gasteiger partial charge in [0.1, 0.15) is 0 Å². The van der Waals surface area contributed by atoms with E-state index in [1.807, 2.05) is 6.07 Å². The predicted octanol–water partition coefficient (Wildman–Crippen LogP) is 5.01. The van der Waals surface area contributed by atoms with Gasteiger partial charge in [-0.15, -0.1) is 0 Å². The summed E-state index contributed by atoms with van der Waals surface area (Å²) >= 11 is 12.2. The van der Waals surface area contributed by atoms with Crippen LogP contribution in [-0.2, 0) is 6.18 Å². The lowest BCUT2D eigenvalue weighted by Crippen LogP contribution is -2.45. The van der Waals surface area contributed by atoms with E-state index in [0.29, 0.717) is 10.0 Å². The fraction of sp³-hybridized carbons (Fsp3) is 0.333. The van der Waals surface area contributed by atoms with E-state index in [-0.39, 0.29) is 6.04 Å². The molecule has 1 atom stereocenters. The number of hydrogen-bond donors (Lipinski definition) is 1. The molecule has 0 aliphatic carbocycles. The molecule has 0 bridgehead atoms. The zero-order valence-corrected chi connectivity index (χ0v) is 14.8. The molecule has 1 unspecified atom stereocenters. The van der Waals surface area contributed by atoms with Crippen molar-refractivity contribution in [2.75, 3.05) is 26.2 Å². The molecule has 0 aromatic heterocycles. The third kappa shape index (κ3) is 4.29. The molecule has 1 aliphatic rings. The smallest absolute Gasteiger partial charge is 0.314 e. The Labute approximate surface area is 154 Å². The first kappa shape index (κ1) is 18.5. The summed E-state index contributed by atoms with van der Waals surface area (Å²) in [6.07, 6.45) is -4.34. The molecule has 7 heteroatoms. The van der Waals surface area contributed by atoms with Gasteiger partial charge in [-0.3, -0.25) is 4.90 Å². The maximum atomic E-state index is 12.8. The Morgan fingerprint density at radius 2 is 1.48 bits per heavy atom. The Kier molecular flexibility index (Phi) is 5.58. The number of piperazine rings is 1. The van der Waals surface area contributed by atoms with Gasteiger partial charge in [-0.05, 0) is 35.4 Å². The minimum atomic E-state index is -4.34. The minimum Gasteiger partial charge on any atom is -0.314 e. The molecule has 2 aromatic rings. The Balaban J connectivity index is 1.99. The average Bonchev–Trinajstić information content (AvgIpc) is 2.59. The molecule has 1 N–H and O–H groups in total. The van der Waals surface area contributed by atoms with Crippen LogP contribution in [-0.4, -0.2) is 31.1 Å². The van der Waals surface area contributed by atoms with Crippen LogP contribution in [0.25, 0.3) is 0 Å². The van der Waals surface area contributed by atoms with Gasteiger partial charge in [0.25, 0.3) is 0 Å². The van der Waals surface area contributed by atoms with Crippen LogP contribution >= 0.6 is 23.2 Å². The van der Waals surface area contributed by atoms with Gasteiger partial charge in [-0.1, -0.05) is 41.4 Å². The molecule has 134 valence electrons. The maximum absolute atomic E-state index is 12.8. The summed E-state index contributed by atoms with van der Waals surface area (Å²) in [6.45, 7) is 3.26. The summed E-state index contributed by atoms with van der Waals surface area (Å²) in [4.78, 5) is 2.23. The van der Waals surface area contributed by atoms with Crippen molar-refractivity contribution in [2.24, 2.45) is 0 Å². The van der Waals surface area contributed by atoms with Crippen molar-refractivity contribution in [1.82, 2.24) is 10.2 Å². The second-order valence-electron chi connectivity index (χ2n) is 5.98.